The van der Waals surface area contributed by atoms with Crippen molar-refractivity contribution < 1.29 is 9.53 Å². The number of nitrogens with zero attached hydrogens (tertiary/aromatic N) is 9. The van der Waals surface area contributed by atoms with Gasteiger partial charge in [-0.05, 0) is 34.0 Å². The molecule has 2 aromatic heterocycles. The zero-order valence-corrected chi connectivity index (χ0v) is 18.2. The van der Waals surface area contributed by atoms with Gasteiger partial charge in [0, 0.05) is 38.6 Å². The van der Waals surface area contributed by atoms with Crippen molar-refractivity contribution in [1.82, 2.24) is 40.0 Å². The van der Waals surface area contributed by atoms with E-state index in [4.69, 9.17) is 11.3 Å². The lowest BCUT2D eigenvalue weighted by Gasteiger charge is -2.46. The summed E-state index contributed by atoms with van der Waals surface area (Å²) in [4.78, 5) is 29.3. The van der Waals surface area contributed by atoms with Crippen LogP contribution in [-0.2, 0) is 16.0 Å². The molecule has 0 aliphatic carbocycles. The summed E-state index contributed by atoms with van der Waals surface area (Å²) in [5.41, 5.74) is 3.47. The third-order valence-electron chi connectivity index (χ3n) is 6.26. The molecule has 0 unspecified atom stereocenters. The largest absolute Gasteiger partial charge is 0.371 e. The summed E-state index contributed by atoms with van der Waals surface area (Å²) >= 11 is 0. The summed E-state index contributed by atoms with van der Waals surface area (Å²) in [6.45, 7) is 12.8. The molecule has 2 atom stereocenters. The van der Waals surface area contributed by atoms with E-state index in [0.717, 1.165) is 29.8 Å². The normalized spacial score (nSPS) is 20.8. The number of ether oxygens (including phenoxy) is 1. The molecular weight excluding hydrogens is 422 g/mol. The van der Waals surface area contributed by atoms with Gasteiger partial charge in [-0.2, -0.15) is 4.68 Å². The standard InChI is InChI=1S/C22H23N9O2/c1-15-18(4-3-5-19(15)23-2)20-12-29-6-7-30(11-17(29)13-33-20)21(32)8-16-9-24-22(25-10-16)31-14-26-27-28-31/h3-5,9-10,14,17,20H,6-8,11-13H2,1H3/t17-,20-/m0/s1. The minimum Gasteiger partial charge on any atom is -0.371 e. The fourth-order valence-corrected chi connectivity index (χ4v) is 4.41. The summed E-state index contributed by atoms with van der Waals surface area (Å²) in [6, 6.07) is 5.97. The third-order valence-corrected chi connectivity index (χ3v) is 6.26. The summed E-state index contributed by atoms with van der Waals surface area (Å²) in [7, 11) is 0. The molecule has 168 valence electrons. The van der Waals surface area contributed by atoms with Crippen molar-refractivity contribution in [3.05, 3.63) is 65.0 Å². The maximum atomic E-state index is 12.9. The van der Waals surface area contributed by atoms with Gasteiger partial charge in [-0.1, -0.05) is 18.2 Å². The molecule has 2 saturated heterocycles. The Morgan fingerprint density at radius 1 is 1.24 bits per heavy atom. The minimum atomic E-state index is -0.0546. The number of aromatic nitrogens is 6. The molecule has 0 spiro atoms. The van der Waals surface area contributed by atoms with Crippen molar-refractivity contribution in [2.45, 2.75) is 25.5 Å². The highest BCUT2D eigenvalue weighted by Crippen LogP contribution is 2.32. The van der Waals surface area contributed by atoms with Gasteiger partial charge in [0.2, 0.25) is 5.91 Å². The maximum absolute atomic E-state index is 12.9. The van der Waals surface area contributed by atoms with Gasteiger partial charge in [0.25, 0.3) is 5.95 Å². The van der Waals surface area contributed by atoms with Crippen LogP contribution in [0.15, 0.2) is 36.9 Å². The molecule has 1 amide bonds. The van der Waals surface area contributed by atoms with E-state index in [0.29, 0.717) is 31.3 Å². The Balaban J connectivity index is 1.18. The van der Waals surface area contributed by atoms with Crippen molar-refractivity contribution in [1.29, 1.82) is 0 Å². The molecule has 3 aromatic rings. The van der Waals surface area contributed by atoms with Crippen LogP contribution in [-0.4, -0.2) is 84.7 Å². The number of carbonyl (C=O) groups excluding carboxylic acids is 1. The van der Waals surface area contributed by atoms with E-state index in [9.17, 15) is 4.79 Å². The quantitative estimate of drug-likeness (QED) is 0.551. The molecule has 2 fully saturated rings. The first kappa shape index (κ1) is 21.1. The van der Waals surface area contributed by atoms with Crippen LogP contribution in [0, 0.1) is 13.5 Å². The van der Waals surface area contributed by atoms with E-state index in [2.05, 4.69) is 35.2 Å². The first-order chi connectivity index (χ1) is 16.1. The molecule has 0 saturated carbocycles. The molecular formula is C22H23N9O2. The van der Waals surface area contributed by atoms with Crippen LogP contribution in [0.1, 0.15) is 22.8 Å². The summed E-state index contributed by atoms with van der Waals surface area (Å²) in [5.74, 6) is 0.409. The SMILES string of the molecule is [C-]#[N+]c1cccc([C@@H]2CN3CCN(C(=O)Cc4cnc(-n5cnnn5)nc4)C[C@H]3CO2)c1C. The molecule has 1 aromatic carbocycles. The Labute approximate surface area is 190 Å². The number of carbonyl (C=O) groups is 1. The van der Waals surface area contributed by atoms with Crippen LogP contribution in [0.4, 0.5) is 5.69 Å². The minimum absolute atomic E-state index is 0.0520. The van der Waals surface area contributed by atoms with E-state index in [1.807, 2.05) is 30.0 Å². The number of rotatable bonds is 4. The van der Waals surface area contributed by atoms with Gasteiger partial charge in [0.1, 0.15) is 6.33 Å². The van der Waals surface area contributed by atoms with Crippen molar-refractivity contribution in [3.63, 3.8) is 0 Å². The molecule has 4 heterocycles. The monoisotopic (exact) mass is 445 g/mol. The summed E-state index contributed by atoms with van der Waals surface area (Å²) < 4.78 is 7.55. The predicted molar refractivity (Wildman–Crippen MR) is 117 cm³/mol. The Morgan fingerprint density at radius 2 is 2.09 bits per heavy atom. The molecule has 33 heavy (non-hydrogen) atoms. The molecule has 2 aliphatic heterocycles. The van der Waals surface area contributed by atoms with Crippen molar-refractivity contribution in [2.24, 2.45) is 0 Å². The molecule has 2 aliphatic rings. The zero-order valence-electron chi connectivity index (χ0n) is 18.2. The van der Waals surface area contributed by atoms with Crippen LogP contribution < -0.4 is 0 Å². The van der Waals surface area contributed by atoms with Crippen LogP contribution in [0.25, 0.3) is 10.8 Å². The highest BCUT2D eigenvalue weighted by Gasteiger charge is 2.36. The Bertz CT molecular complexity index is 1170. The molecule has 0 radical (unpaired) electrons. The average Bonchev–Trinajstić information content (AvgIpc) is 3.39. The number of tetrazole rings is 1. The van der Waals surface area contributed by atoms with Crippen LogP contribution in [0.5, 0.6) is 0 Å². The van der Waals surface area contributed by atoms with Crippen molar-refractivity contribution >= 4 is 11.6 Å². The predicted octanol–water partition coefficient (Wildman–Crippen LogP) is 1.14. The Hall–Kier alpha value is -3.75. The fraction of sp³-hybridized carbons (Fsp3) is 0.409. The fourth-order valence-electron chi connectivity index (χ4n) is 4.41. The zero-order chi connectivity index (χ0) is 22.8. The van der Waals surface area contributed by atoms with E-state index in [1.54, 1.807) is 12.4 Å². The van der Waals surface area contributed by atoms with E-state index < -0.39 is 0 Å². The number of morpholine rings is 1. The van der Waals surface area contributed by atoms with Gasteiger partial charge >= 0.3 is 0 Å². The lowest BCUT2D eigenvalue weighted by Crippen LogP contribution is -2.59. The van der Waals surface area contributed by atoms with Gasteiger partial charge in [-0.15, -0.1) is 5.10 Å². The maximum Gasteiger partial charge on any atom is 0.253 e. The van der Waals surface area contributed by atoms with E-state index in [-0.39, 0.29) is 24.5 Å². The topological polar surface area (TPSA) is 107 Å². The van der Waals surface area contributed by atoms with Crippen LogP contribution in [0.3, 0.4) is 0 Å². The number of piperazine rings is 1. The number of benzene rings is 1. The molecule has 0 bridgehead atoms. The van der Waals surface area contributed by atoms with Crippen LogP contribution in [0.2, 0.25) is 0 Å². The van der Waals surface area contributed by atoms with Crippen molar-refractivity contribution in [3.8, 4) is 5.95 Å². The number of fused-ring (bicyclic) bond motifs is 1. The number of hydrogen-bond donors (Lipinski definition) is 0. The molecule has 0 N–H and O–H groups in total. The number of amides is 1. The van der Waals surface area contributed by atoms with Gasteiger partial charge in [-0.25, -0.2) is 14.8 Å². The highest BCUT2D eigenvalue weighted by molar-refractivity contribution is 5.78. The second kappa shape index (κ2) is 9.01. The van der Waals surface area contributed by atoms with Gasteiger partial charge in [0.15, 0.2) is 5.69 Å². The number of hydrogen-bond acceptors (Lipinski definition) is 8. The second-order valence-corrected chi connectivity index (χ2v) is 8.24. The molecule has 11 heteroatoms. The molecule has 5 rings (SSSR count). The first-order valence-corrected chi connectivity index (χ1v) is 10.8. The third kappa shape index (κ3) is 4.30. The first-order valence-electron chi connectivity index (χ1n) is 10.8. The van der Waals surface area contributed by atoms with Gasteiger partial charge < -0.3 is 9.64 Å². The lowest BCUT2D eigenvalue weighted by atomic mass is 9.98. The Morgan fingerprint density at radius 3 is 2.85 bits per heavy atom. The molecule has 11 nitrogen and oxygen atoms in total. The summed E-state index contributed by atoms with van der Waals surface area (Å²) in [6.07, 6.45) is 4.87. The highest BCUT2D eigenvalue weighted by atomic mass is 16.5. The Kier molecular flexibility index (Phi) is 5.77. The lowest BCUT2D eigenvalue weighted by molar-refractivity contribution is -0.139. The second-order valence-electron chi connectivity index (χ2n) is 8.24. The average molecular weight is 445 g/mol. The van der Waals surface area contributed by atoms with Gasteiger partial charge in [-0.3, -0.25) is 9.69 Å². The van der Waals surface area contributed by atoms with E-state index >= 15 is 0 Å². The van der Waals surface area contributed by atoms with Crippen molar-refractivity contribution in [2.75, 3.05) is 32.8 Å². The summed E-state index contributed by atoms with van der Waals surface area (Å²) in [5, 5.41) is 10.9. The van der Waals surface area contributed by atoms with Gasteiger partial charge in [0.05, 0.1) is 31.7 Å². The van der Waals surface area contributed by atoms with E-state index in [1.165, 1.54) is 11.0 Å². The van der Waals surface area contributed by atoms with Crippen LogP contribution >= 0.6 is 0 Å². The smallest absolute Gasteiger partial charge is 0.253 e.